The molecule has 1 saturated heterocycles. The van der Waals surface area contributed by atoms with Gasteiger partial charge >= 0.3 is 6.09 Å². The third-order valence-electron chi connectivity index (χ3n) is 11.4. The number of benzene rings is 2. The van der Waals surface area contributed by atoms with Crippen molar-refractivity contribution in [1.82, 2.24) is 36.4 Å². The molecule has 16 nitrogen and oxygen atoms in total. The first kappa shape index (κ1) is 48.9. The highest BCUT2D eigenvalue weighted by molar-refractivity contribution is 6.38. The summed E-state index contributed by atoms with van der Waals surface area (Å²) in [6, 6.07) is 11.9. The number of nitrogens with one attached hydrogen (secondary N) is 5. The highest BCUT2D eigenvalue weighted by Crippen LogP contribution is 2.26. The van der Waals surface area contributed by atoms with Crippen LogP contribution in [0.15, 0.2) is 54.6 Å². The van der Waals surface area contributed by atoms with E-state index < -0.39 is 77.7 Å². The molecule has 6 atom stereocenters. The molecule has 0 bridgehead atoms. The maximum Gasteiger partial charge on any atom is 0.410 e. The van der Waals surface area contributed by atoms with Crippen molar-refractivity contribution in [3.63, 3.8) is 0 Å². The van der Waals surface area contributed by atoms with Crippen LogP contribution < -0.4 is 26.6 Å². The molecule has 0 saturated carbocycles. The van der Waals surface area contributed by atoms with Crippen LogP contribution in [0.3, 0.4) is 0 Å². The molecule has 0 spiro atoms. The lowest BCUT2D eigenvalue weighted by molar-refractivity contribution is -0.144. The topological polar surface area (TPSA) is 212 Å². The molecular formula is C46H65N7O9. The van der Waals surface area contributed by atoms with Gasteiger partial charge in [0.1, 0.15) is 24.2 Å². The number of amides is 7. The zero-order valence-electron chi connectivity index (χ0n) is 37.2. The van der Waals surface area contributed by atoms with Crippen molar-refractivity contribution in [3.05, 3.63) is 71.3 Å². The van der Waals surface area contributed by atoms with Crippen LogP contribution in [0.1, 0.15) is 109 Å². The van der Waals surface area contributed by atoms with Crippen LogP contribution in [0.25, 0.3) is 0 Å². The molecule has 0 aliphatic carbocycles. The van der Waals surface area contributed by atoms with Crippen LogP contribution in [0.4, 0.5) is 4.79 Å². The number of fused-ring (bicyclic) bond motifs is 1. The number of ketones is 1. The van der Waals surface area contributed by atoms with Gasteiger partial charge in [0.2, 0.25) is 35.3 Å². The third kappa shape index (κ3) is 13.6. The average molecular weight is 860 g/mol. The Labute approximate surface area is 365 Å². The summed E-state index contributed by atoms with van der Waals surface area (Å²) >= 11 is 0. The van der Waals surface area contributed by atoms with E-state index in [2.05, 4.69) is 26.6 Å². The fourth-order valence-electron chi connectivity index (χ4n) is 7.73. The number of unbranched alkanes of at least 4 members (excludes halogenated alkanes) is 1. The van der Waals surface area contributed by atoms with Crippen molar-refractivity contribution in [3.8, 4) is 0 Å². The normalized spacial score (nSPS) is 17.8. The van der Waals surface area contributed by atoms with Crippen LogP contribution in [0.2, 0.25) is 0 Å². The molecule has 2 aliphatic heterocycles. The fraction of sp³-hybridized carbons (Fsp3) is 0.565. The number of ether oxygens (including phenoxy) is 1. The summed E-state index contributed by atoms with van der Waals surface area (Å²) < 4.78 is 5.97. The first-order valence-electron chi connectivity index (χ1n) is 21.9. The SMILES string of the molecule is CCCC(NC(=O)C1CC(OC(=O)N2CCc3ccccc3C2)CN1C(=O)[C@@H](NC(=O)[C@@H](NC(=O)CCCCC(=O)NC)C(C)C)C(C)C)C(=O)C(=O)N[C@@H](C)c1ccccc1. The van der Waals surface area contributed by atoms with E-state index in [4.69, 9.17) is 4.74 Å². The van der Waals surface area contributed by atoms with Gasteiger partial charge in [-0.2, -0.15) is 0 Å². The van der Waals surface area contributed by atoms with E-state index in [0.29, 0.717) is 38.8 Å². The van der Waals surface area contributed by atoms with Crippen LogP contribution >= 0.6 is 0 Å². The van der Waals surface area contributed by atoms with E-state index in [1.54, 1.807) is 46.6 Å². The fourth-order valence-corrected chi connectivity index (χ4v) is 7.73. The van der Waals surface area contributed by atoms with Gasteiger partial charge in [0, 0.05) is 39.4 Å². The van der Waals surface area contributed by atoms with Crippen molar-refractivity contribution in [2.45, 2.75) is 136 Å². The number of carbonyl (C=O) groups excluding carboxylic acids is 8. The van der Waals surface area contributed by atoms with Gasteiger partial charge in [-0.1, -0.05) is 95.6 Å². The van der Waals surface area contributed by atoms with Crippen LogP contribution in [0, 0.1) is 11.8 Å². The Hall–Kier alpha value is -5.80. The maximum atomic E-state index is 14.6. The molecule has 2 aliphatic rings. The Bertz CT molecular complexity index is 1910. The minimum Gasteiger partial charge on any atom is -0.444 e. The largest absolute Gasteiger partial charge is 0.444 e. The monoisotopic (exact) mass is 859 g/mol. The lowest BCUT2D eigenvalue weighted by atomic mass is 9.98. The molecule has 1 fully saturated rings. The van der Waals surface area contributed by atoms with Crippen LogP contribution in [-0.4, -0.2) is 108 Å². The van der Waals surface area contributed by atoms with Crippen LogP contribution in [0.5, 0.6) is 0 Å². The Morgan fingerprint density at radius 2 is 1.39 bits per heavy atom. The first-order valence-corrected chi connectivity index (χ1v) is 21.9. The van der Waals surface area contributed by atoms with E-state index in [1.165, 1.54) is 4.90 Å². The minimum atomic E-state index is -1.23. The second-order valence-corrected chi connectivity index (χ2v) is 16.9. The standard InChI is InChI=1S/C46H65N7O9/c1-8-16-35(41(56)44(59)48-30(6)31-17-10-9-11-18-31)49-42(57)36-25-34(62-46(61)52-24-23-32-19-12-13-20-33(32)26-52)27-53(36)45(60)40(29(4)5)51-43(58)39(28(2)3)50-38(55)22-15-14-21-37(54)47-7/h9-13,17-20,28-30,34-36,39-40H,8,14-16,21-27H2,1-7H3,(H,47,54)(H,48,59)(H,49,57)(H,50,55)(H,51,58)/t30-,34?,35?,36?,39-,40-/m0/s1. The molecule has 2 aromatic carbocycles. The van der Waals surface area contributed by atoms with Crippen molar-refractivity contribution >= 4 is 47.3 Å². The summed E-state index contributed by atoms with van der Waals surface area (Å²) in [4.78, 5) is 110. The second kappa shape index (κ2) is 23.4. The molecule has 4 rings (SSSR count). The minimum absolute atomic E-state index is 0.0959. The van der Waals surface area contributed by atoms with Crippen LogP contribution in [-0.2, 0) is 51.3 Å². The second-order valence-electron chi connectivity index (χ2n) is 16.9. The molecule has 0 aromatic heterocycles. The lowest BCUT2D eigenvalue weighted by Crippen LogP contribution is -2.59. The van der Waals surface area contributed by atoms with Crippen molar-refractivity contribution in [1.29, 1.82) is 0 Å². The van der Waals surface area contributed by atoms with Gasteiger partial charge in [0.05, 0.1) is 18.6 Å². The van der Waals surface area contributed by atoms with Crippen molar-refractivity contribution < 1.29 is 43.1 Å². The zero-order chi connectivity index (χ0) is 45.5. The Kier molecular flexibility index (Phi) is 18.5. The predicted molar refractivity (Wildman–Crippen MR) is 232 cm³/mol. The van der Waals surface area contributed by atoms with E-state index >= 15 is 0 Å². The highest BCUT2D eigenvalue weighted by atomic mass is 16.6. The molecular weight excluding hydrogens is 795 g/mol. The molecule has 5 N–H and O–H groups in total. The van der Waals surface area contributed by atoms with Gasteiger partial charge in [0.25, 0.3) is 5.91 Å². The van der Waals surface area contributed by atoms with Gasteiger partial charge in [-0.15, -0.1) is 0 Å². The summed E-state index contributed by atoms with van der Waals surface area (Å²) in [5.74, 6) is -4.97. The van der Waals surface area contributed by atoms with Crippen molar-refractivity contribution in [2.24, 2.45) is 11.8 Å². The van der Waals surface area contributed by atoms with Gasteiger partial charge in [-0.25, -0.2) is 4.79 Å². The number of rotatable bonds is 20. The summed E-state index contributed by atoms with van der Waals surface area (Å²) in [5.41, 5.74) is 2.93. The molecule has 2 aromatic rings. The maximum absolute atomic E-state index is 14.6. The number of carbonyl (C=O) groups is 8. The molecule has 3 unspecified atom stereocenters. The molecule has 338 valence electrons. The molecule has 62 heavy (non-hydrogen) atoms. The number of likely N-dealkylation sites (tertiary alicyclic amines) is 1. The van der Waals surface area contributed by atoms with Gasteiger partial charge in [-0.3, -0.25) is 33.6 Å². The third-order valence-corrected chi connectivity index (χ3v) is 11.4. The number of nitrogens with zero attached hydrogens (tertiary/aromatic N) is 2. The van der Waals surface area contributed by atoms with Gasteiger partial charge in [0.15, 0.2) is 0 Å². The zero-order valence-corrected chi connectivity index (χ0v) is 37.2. The summed E-state index contributed by atoms with van der Waals surface area (Å²) in [7, 11) is 1.54. The highest BCUT2D eigenvalue weighted by Gasteiger charge is 2.46. The van der Waals surface area contributed by atoms with Gasteiger partial charge < -0.3 is 41.1 Å². The molecule has 2 heterocycles. The Morgan fingerprint density at radius 1 is 0.758 bits per heavy atom. The van der Waals surface area contributed by atoms with E-state index in [-0.39, 0.29) is 50.0 Å². The molecule has 7 amide bonds. The lowest BCUT2D eigenvalue weighted by Gasteiger charge is -2.32. The smallest absolute Gasteiger partial charge is 0.410 e. The number of hydrogen-bond acceptors (Lipinski definition) is 9. The van der Waals surface area contributed by atoms with Gasteiger partial charge in [-0.05, 0) is 61.1 Å². The summed E-state index contributed by atoms with van der Waals surface area (Å²) in [6.45, 7) is 11.1. The first-order chi connectivity index (χ1) is 29.5. The van der Waals surface area contributed by atoms with Crippen molar-refractivity contribution in [2.75, 3.05) is 20.1 Å². The molecule has 0 radical (unpaired) electrons. The average Bonchev–Trinajstić information content (AvgIpc) is 3.68. The summed E-state index contributed by atoms with van der Waals surface area (Å²) in [5, 5.41) is 13.6. The number of hydrogen-bond donors (Lipinski definition) is 5. The van der Waals surface area contributed by atoms with E-state index in [1.807, 2.05) is 61.5 Å². The quantitative estimate of drug-likeness (QED) is 0.0974. The number of Topliss-reactive ketones (excluding diaryl/α,β-unsaturated/α-hetero) is 1. The Balaban J connectivity index is 1.53. The predicted octanol–water partition coefficient (Wildman–Crippen LogP) is 3.47. The van der Waals surface area contributed by atoms with E-state index in [0.717, 1.165) is 16.7 Å². The van der Waals surface area contributed by atoms with E-state index in [9.17, 15) is 38.4 Å². The molecule has 16 heteroatoms. The summed E-state index contributed by atoms with van der Waals surface area (Å²) in [6.07, 6.45) is 0.948. The Morgan fingerprint density at radius 3 is 2.02 bits per heavy atom.